The summed E-state index contributed by atoms with van der Waals surface area (Å²) >= 11 is 0. The molecule has 0 bridgehead atoms. The number of carbonyl (C=O) groups is 1. The van der Waals surface area contributed by atoms with Crippen LogP contribution in [-0.2, 0) is 6.54 Å². The number of phenols is 1. The third-order valence-electron chi connectivity index (χ3n) is 3.53. The molecule has 0 heterocycles. The van der Waals surface area contributed by atoms with Gasteiger partial charge in [0.05, 0.1) is 6.10 Å². The molecular weight excluding hydrogens is 292 g/mol. The Balaban J connectivity index is 1.75. The summed E-state index contributed by atoms with van der Waals surface area (Å²) < 4.78 is 0. The molecule has 122 valence electrons. The third-order valence-corrected chi connectivity index (χ3v) is 3.53. The summed E-state index contributed by atoms with van der Waals surface area (Å²) in [7, 11) is 0. The molecule has 2 atom stereocenters. The molecule has 0 radical (unpaired) electrons. The maximum atomic E-state index is 11.9. The van der Waals surface area contributed by atoms with Gasteiger partial charge >= 0.3 is 6.03 Å². The van der Waals surface area contributed by atoms with Crippen molar-refractivity contribution in [1.29, 1.82) is 0 Å². The van der Waals surface area contributed by atoms with Gasteiger partial charge in [-0.1, -0.05) is 42.5 Å². The number of hydrogen-bond donors (Lipinski definition) is 4. The van der Waals surface area contributed by atoms with Gasteiger partial charge < -0.3 is 20.8 Å². The Hall–Kier alpha value is -2.53. The van der Waals surface area contributed by atoms with Gasteiger partial charge in [0.1, 0.15) is 5.75 Å². The molecule has 0 saturated carbocycles. The van der Waals surface area contributed by atoms with E-state index < -0.39 is 6.10 Å². The molecule has 5 heteroatoms. The zero-order valence-electron chi connectivity index (χ0n) is 13.1. The van der Waals surface area contributed by atoms with E-state index in [1.54, 1.807) is 24.3 Å². The number of amides is 2. The Morgan fingerprint density at radius 2 is 1.74 bits per heavy atom. The van der Waals surface area contributed by atoms with Gasteiger partial charge in [0, 0.05) is 12.6 Å². The Morgan fingerprint density at radius 1 is 1.09 bits per heavy atom. The molecule has 4 N–H and O–H groups in total. The quantitative estimate of drug-likeness (QED) is 0.662. The molecule has 2 rings (SSSR count). The van der Waals surface area contributed by atoms with Crippen molar-refractivity contribution in [3.8, 4) is 5.75 Å². The van der Waals surface area contributed by atoms with Crippen molar-refractivity contribution >= 4 is 6.03 Å². The maximum absolute atomic E-state index is 11.9. The highest BCUT2D eigenvalue weighted by molar-refractivity contribution is 5.74. The van der Waals surface area contributed by atoms with Gasteiger partial charge in [-0.05, 0) is 36.6 Å². The van der Waals surface area contributed by atoms with Crippen LogP contribution in [0, 0.1) is 0 Å². The van der Waals surface area contributed by atoms with E-state index in [-0.39, 0.29) is 17.8 Å². The van der Waals surface area contributed by atoms with Crippen LogP contribution in [0.25, 0.3) is 0 Å². The van der Waals surface area contributed by atoms with Gasteiger partial charge in [-0.2, -0.15) is 0 Å². The van der Waals surface area contributed by atoms with Crippen molar-refractivity contribution in [2.75, 3.05) is 0 Å². The molecule has 0 saturated heterocycles. The second-order valence-electron chi connectivity index (χ2n) is 5.56. The van der Waals surface area contributed by atoms with E-state index in [1.165, 1.54) is 0 Å². The van der Waals surface area contributed by atoms with E-state index in [2.05, 4.69) is 10.6 Å². The lowest BCUT2D eigenvalue weighted by Gasteiger charge is -2.18. The average Bonchev–Trinajstić information content (AvgIpc) is 2.55. The van der Waals surface area contributed by atoms with Gasteiger partial charge in [0.15, 0.2) is 0 Å². The standard InChI is InChI=1S/C18H22N2O3/c1-13(11-17(22)15-5-3-2-4-6-15)20-18(23)19-12-14-7-9-16(21)10-8-14/h2-10,13,17,21-22H,11-12H2,1H3,(H2,19,20,23). The fourth-order valence-corrected chi connectivity index (χ4v) is 2.28. The summed E-state index contributed by atoms with van der Waals surface area (Å²) in [5.74, 6) is 0.196. The lowest BCUT2D eigenvalue weighted by atomic mass is 10.0. The van der Waals surface area contributed by atoms with E-state index in [9.17, 15) is 15.0 Å². The van der Waals surface area contributed by atoms with Crippen LogP contribution >= 0.6 is 0 Å². The summed E-state index contributed by atoms with van der Waals surface area (Å²) in [5.41, 5.74) is 1.74. The normalized spacial score (nSPS) is 13.1. The lowest BCUT2D eigenvalue weighted by Crippen LogP contribution is -2.41. The maximum Gasteiger partial charge on any atom is 0.315 e. The number of phenolic OH excluding ortho intramolecular Hbond substituents is 1. The van der Waals surface area contributed by atoms with Crippen molar-refractivity contribution in [2.24, 2.45) is 0 Å². The van der Waals surface area contributed by atoms with E-state index in [1.807, 2.05) is 37.3 Å². The van der Waals surface area contributed by atoms with Crippen LogP contribution in [0.1, 0.15) is 30.6 Å². The van der Waals surface area contributed by atoms with Gasteiger partial charge in [-0.25, -0.2) is 4.79 Å². The highest BCUT2D eigenvalue weighted by atomic mass is 16.3. The van der Waals surface area contributed by atoms with E-state index in [4.69, 9.17) is 0 Å². The monoisotopic (exact) mass is 314 g/mol. The largest absolute Gasteiger partial charge is 0.508 e. The van der Waals surface area contributed by atoms with E-state index in [0.717, 1.165) is 11.1 Å². The number of rotatable bonds is 6. The first-order chi connectivity index (χ1) is 11.0. The zero-order valence-corrected chi connectivity index (χ0v) is 13.1. The molecule has 2 unspecified atom stereocenters. The van der Waals surface area contributed by atoms with Crippen molar-refractivity contribution in [2.45, 2.75) is 32.0 Å². The van der Waals surface area contributed by atoms with Crippen LogP contribution in [0.3, 0.4) is 0 Å². The predicted octanol–water partition coefficient (Wildman–Crippen LogP) is 2.70. The van der Waals surface area contributed by atoms with Crippen LogP contribution < -0.4 is 10.6 Å². The average molecular weight is 314 g/mol. The molecular formula is C18H22N2O3. The number of nitrogens with one attached hydrogen (secondary N) is 2. The molecule has 23 heavy (non-hydrogen) atoms. The van der Waals surface area contributed by atoms with Crippen molar-refractivity contribution < 1.29 is 15.0 Å². The number of hydrogen-bond acceptors (Lipinski definition) is 3. The minimum absolute atomic E-state index is 0.162. The molecule has 0 aliphatic rings. The lowest BCUT2D eigenvalue weighted by molar-refractivity contribution is 0.154. The third kappa shape index (κ3) is 5.64. The first-order valence-corrected chi connectivity index (χ1v) is 7.60. The van der Waals surface area contributed by atoms with E-state index in [0.29, 0.717) is 13.0 Å². The Kier molecular flexibility index (Phi) is 6.00. The molecule has 0 aliphatic heterocycles. The Bertz CT molecular complexity index is 614. The molecule has 2 amide bonds. The summed E-state index contributed by atoms with van der Waals surface area (Å²) in [6, 6.07) is 15.6. The smallest absolute Gasteiger partial charge is 0.315 e. The van der Waals surface area contributed by atoms with Crippen molar-refractivity contribution in [3.05, 3.63) is 65.7 Å². The summed E-state index contributed by atoms with van der Waals surface area (Å²) in [4.78, 5) is 11.9. The zero-order chi connectivity index (χ0) is 16.7. The number of aliphatic hydroxyl groups excluding tert-OH is 1. The topological polar surface area (TPSA) is 81.6 Å². The number of urea groups is 1. The summed E-state index contributed by atoms with van der Waals surface area (Å²) in [5, 5.41) is 24.9. The van der Waals surface area contributed by atoms with Gasteiger partial charge in [0.25, 0.3) is 0 Å². The second-order valence-corrected chi connectivity index (χ2v) is 5.56. The molecule has 5 nitrogen and oxygen atoms in total. The minimum Gasteiger partial charge on any atom is -0.508 e. The number of benzene rings is 2. The number of carbonyl (C=O) groups excluding carboxylic acids is 1. The van der Waals surface area contributed by atoms with Gasteiger partial charge in [0.2, 0.25) is 0 Å². The van der Waals surface area contributed by atoms with Crippen LogP contribution in [0.2, 0.25) is 0 Å². The predicted molar refractivity (Wildman–Crippen MR) is 89.0 cm³/mol. The first kappa shape index (κ1) is 16.8. The Morgan fingerprint density at radius 3 is 2.39 bits per heavy atom. The Labute approximate surface area is 136 Å². The molecule has 2 aromatic rings. The highest BCUT2D eigenvalue weighted by Gasteiger charge is 2.14. The molecule has 0 aromatic heterocycles. The van der Waals surface area contributed by atoms with Gasteiger partial charge in [-0.3, -0.25) is 0 Å². The first-order valence-electron chi connectivity index (χ1n) is 7.60. The number of aromatic hydroxyl groups is 1. The van der Waals surface area contributed by atoms with Crippen LogP contribution in [0.15, 0.2) is 54.6 Å². The minimum atomic E-state index is -0.608. The van der Waals surface area contributed by atoms with Crippen LogP contribution in [-0.4, -0.2) is 22.3 Å². The molecule has 0 fully saturated rings. The molecule has 0 aliphatic carbocycles. The van der Waals surface area contributed by atoms with Gasteiger partial charge in [-0.15, -0.1) is 0 Å². The second kappa shape index (κ2) is 8.19. The van der Waals surface area contributed by atoms with E-state index >= 15 is 0 Å². The van der Waals surface area contributed by atoms with Crippen LogP contribution in [0.5, 0.6) is 5.75 Å². The van der Waals surface area contributed by atoms with Crippen molar-refractivity contribution in [1.82, 2.24) is 10.6 Å². The van der Waals surface area contributed by atoms with Crippen LogP contribution in [0.4, 0.5) is 4.79 Å². The fraction of sp³-hybridized carbons (Fsp3) is 0.278. The summed E-state index contributed by atoms with van der Waals surface area (Å²) in [6.45, 7) is 2.23. The SMILES string of the molecule is CC(CC(O)c1ccccc1)NC(=O)NCc1ccc(O)cc1. The molecule has 2 aromatic carbocycles. The summed E-state index contributed by atoms with van der Waals surface area (Å²) in [6.07, 6.45) is -0.167. The van der Waals surface area contributed by atoms with Crippen molar-refractivity contribution in [3.63, 3.8) is 0 Å². The molecule has 0 spiro atoms. The number of aliphatic hydroxyl groups is 1. The highest BCUT2D eigenvalue weighted by Crippen LogP contribution is 2.17. The fourth-order valence-electron chi connectivity index (χ4n) is 2.28.